The van der Waals surface area contributed by atoms with E-state index in [1.54, 1.807) is 12.2 Å². The molecule has 106 valence electrons. The minimum atomic E-state index is -0.683. The number of hydrogen-bond acceptors (Lipinski definition) is 5. The molecule has 0 aromatic rings. The van der Waals surface area contributed by atoms with Gasteiger partial charge in [-0.25, -0.2) is 4.79 Å². The van der Waals surface area contributed by atoms with Crippen LogP contribution in [0.2, 0.25) is 0 Å². The van der Waals surface area contributed by atoms with Crippen LogP contribution in [0.5, 0.6) is 0 Å². The van der Waals surface area contributed by atoms with Crippen LogP contribution in [0.15, 0.2) is 24.3 Å². The van der Waals surface area contributed by atoms with Gasteiger partial charge in [0.05, 0.1) is 6.10 Å². The number of carbonyl (C=O) groups is 2. The molecule has 1 aliphatic heterocycles. The first-order chi connectivity index (χ1) is 9.02. The van der Waals surface area contributed by atoms with Gasteiger partial charge in [0.2, 0.25) is 0 Å². The number of aliphatic hydroxyl groups excluding tert-OH is 1. The van der Waals surface area contributed by atoms with Crippen LogP contribution in [0.3, 0.4) is 0 Å². The van der Waals surface area contributed by atoms with E-state index < -0.39 is 30.3 Å². The number of aliphatic hydroxyl groups is 1. The molecule has 0 aromatic heterocycles. The van der Waals surface area contributed by atoms with Gasteiger partial charge in [-0.15, -0.1) is 0 Å². The number of esters is 2. The number of cyclic esters (lactones) is 1. The maximum Gasteiger partial charge on any atom is 0.331 e. The smallest absolute Gasteiger partial charge is 0.331 e. The number of carbonyl (C=O) groups excluding carboxylic acids is 2. The number of unbranched alkanes of at least 4 members (excludes halogenated alkanes) is 1. The summed E-state index contributed by atoms with van der Waals surface area (Å²) in [6.07, 6.45) is 6.53. The molecule has 0 aliphatic carbocycles. The van der Waals surface area contributed by atoms with Gasteiger partial charge in [0, 0.05) is 13.0 Å². The molecule has 1 rings (SSSR count). The summed E-state index contributed by atoms with van der Waals surface area (Å²) in [7, 11) is 0. The third-order valence-corrected chi connectivity index (χ3v) is 2.68. The van der Waals surface area contributed by atoms with Crippen molar-refractivity contribution in [1.82, 2.24) is 0 Å². The van der Waals surface area contributed by atoms with Gasteiger partial charge in [0.25, 0.3) is 0 Å². The average molecular weight is 268 g/mol. The third-order valence-electron chi connectivity index (χ3n) is 2.68. The SMILES string of the molecule is CCCC[C@H](O)C=C[C@@H]1OC(=O)C=C[C@@H]1OC(C)=O. The Bertz CT molecular complexity index is 372. The number of ether oxygens (including phenoxy) is 2. The van der Waals surface area contributed by atoms with Gasteiger partial charge in [0.15, 0.2) is 12.2 Å². The minimum absolute atomic E-state index is 0.447. The van der Waals surface area contributed by atoms with E-state index >= 15 is 0 Å². The summed E-state index contributed by atoms with van der Waals surface area (Å²) in [6.45, 7) is 3.34. The van der Waals surface area contributed by atoms with Crippen molar-refractivity contribution in [3.63, 3.8) is 0 Å². The minimum Gasteiger partial charge on any atom is -0.454 e. The Hall–Kier alpha value is -1.62. The van der Waals surface area contributed by atoms with Crippen molar-refractivity contribution in [3.8, 4) is 0 Å². The summed E-state index contributed by atoms with van der Waals surface area (Å²) in [5.74, 6) is -0.932. The molecule has 0 aromatic carbocycles. The summed E-state index contributed by atoms with van der Waals surface area (Å²) in [6, 6.07) is 0. The fraction of sp³-hybridized carbons (Fsp3) is 0.571. The van der Waals surface area contributed by atoms with Crippen LogP contribution in [-0.2, 0) is 19.1 Å². The largest absolute Gasteiger partial charge is 0.454 e. The highest BCUT2D eigenvalue weighted by Crippen LogP contribution is 2.15. The van der Waals surface area contributed by atoms with E-state index in [0.29, 0.717) is 6.42 Å². The normalized spacial score (nSPS) is 24.3. The van der Waals surface area contributed by atoms with E-state index in [1.807, 2.05) is 6.92 Å². The predicted molar refractivity (Wildman–Crippen MR) is 69.2 cm³/mol. The van der Waals surface area contributed by atoms with Crippen molar-refractivity contribution in [3.05, 3.63) is 24.3 Å². The monoisotopic (exact) mass is 268 g/mol. The van der Waals surface area contributed by atoms with E-state index in [-0.39, 0.29) is 0 Å². The van der Waals surface area contributed by atoms with Gasteiger partial charge < -0.3 is 14.6 Å². The first-order valence-electron chi connectivity index (χ1n) is 6.45. The molecule has 19 heavy (non-hydrogen) atoms. The lowest BCUT2D eigenvalue weighted by Crippen LogP contribution is -2.35. The van der Waals surface area contributed by atoms with Gasteiger partial charge in [-0.1, -0.05) is 25.8 Å². The van der Waals surface area contributed by atoms with Crippen LogP contribution in [0.25, 0.3) is 0 Å². The molecule has 0 unspecified atom stereocenters. The van der Waals surface area contributed by atoms with Crippen LogP contribution in [0, 0.1) is 0 Å². The zero-order chi connectivity index (χ0) is 14.3. The molecule has 0 amide bonds. The van der Waals surface area contributed by atoms with Crippen LogP contribution >= 0.6 is 0 Å². The van der Waals surface area contributed by atoms with Crippen molar-refractivity contribution in [2.45, 2.75) is 51.4 Å². The summed E-state index contributed by atoms with van der Waals surface area (Å²) in [5, 5.41) is 9.69. The van der Waals surface area contributed by atoms with Gasteiger partial charge in [-0.2, -0.15) is 0 Å². The second-order valence-electron chi connectivity index (χ2n) is 4.43. The molecule has 0 bridgehead atoms. The summed E-state index contributed by atoms with van der Waals surface area (Å²) in [4.78, 5) is 22.1. The highest BCUT2D eigenvalue weighted by Gasteiger charge is 2.27. The Kier molecular flexibility index (Phi) is 6.29. The Morgan fingerprint density at radius 1 is 1.63 bits per heavy atom. The number of hydrogen-bond donors (Lipinski definition) is 1. The maximum absolute atomic E-state index is 11.2. The van der Waals surface area contributed by atoms with E-state index in [2.05, 4.69) is 0 Å². The van der Waals surface area contributed by atoms with Crippen LogP contribution < -0.4 is 0 Å². The van der Waals surface area contributed by atoms with Crippen molar-refractivity contribution in [1.29, 1.82) is 0 Å². The summed E-state index contributed by atoms with van der Waals surface area (Å²) >= 11 is 0. The molecule has 0 radical (unpaired) electrons. The van der Waals surface area contributed by atoms with E-state index in [4.69, 9.17) is 9.47 Å². The summed E-state index contributed by atoms with van der Waals surface area (Å²) < 4.78 is 10.1. The lowest BCUT2D eigenvalue weighted by atomic mass is 10.1. The molecular formula is C14H20O5. The standard InChI is InChI=1S/C14H20O5/c1-3-4-5-11(16)6-7-13-12(18-10(2)15)8-9-14(17)19-13/h6-9,11-13,16H,3-5H2,1-2H3/t11-,12-,13-/m0/s1. The predicted octanol–water partition coefficient (Wildman–Crippen LogP) is 1.51. The first kappa shape index (κ1) is 15.4. The van der Waals surface area contributed by atoms with Gasteiger partial charge in [-0.05, 0) is 18.6 Å². The lowest BCUT2D eigenvalue weighted by Gasteiger charge is -2.24. The Morgan fingerprint density at radius 2 is 2.37 bits per heavy atom. The number of rotatable bonds is 6. The maximum atomic E-state index is 11.2. The van der Waals surface area contributed by atoms with E-state index in [9.17, 15) is 14.7 Å². The van der Waals surface area contributed by atoms with Gasteiger partial charge >= 0.3 is 11.9 Å². The van der Waals surface area contributed by atoms with Crippen LogP contribution in [0.1, 0.15) is 33.1 Å². The second kappa shape index (κ2) is 7.74. The highest BCUT2D eigenvalue weighted by atomic mass is 16.6. The lowest BCUT2D eigenvalue weighted by molar-refractivity contribution is -0.158. The van der Waals surface area contributed by atoms with E-state index in [1.165, 1.54) is 19.1 Å². The molecule has 1 N–H and O–H groups in total. The van der Waals surface area contributed by atoms with Crippen LogP contribution in [0.4, 0.5) is 0 Å². The molecule has 0 spiro atoms. The molecular weight excluding hydrogens is 248 g/mol. The fourth-order valence-electron chi connectivity index (χ4n) is 1.72. The second-order valence-corrected chi connectivity index (χ2v) is 4.43. The Labute approximate surface area is 112 Å². The fourth-order valence-corrected chi connectivity index (χ4v) is 1.72. The Morgan fingerprint density at radius 3 is 3.00 bits per heavy atom. The topological polar surface area (TPSA) is 72.8 Å². The molecule has 5 nitrogen and oxygen atoms in total. The third kappa shape index (κ3) is 5.70. The average Bonchev–Trinajstić information content (AvgIpc) is 2.36. The molecule has 1 aliphatic rings. The molecule has 0 saturated heterocycles. The van der Waals surface area contributed by atoms with E-state index in [0.717, 1.165) is 12.8 Å². The molecule has 0 saturated carbocycles. The zero-order valence-electron chi connectivity index (χ0n) is 11.2. The van der Waals surface area contributed by atoms with Crippen LogP contribution in [-0.4, -0.2) is 35.4 Å². The van der Waals surface area contributed by atoms with Crippen molar-refractivity contribution >= 4 is 11.9 Å². The Balaban J connectivity index is 2.61. The highest BCUT2D eigenvalue weighted by molar-refractivity contribution is 5.83. The summed E-state index contributed by atoms with van der Waals surface area (Å²) in [5.41, 5.74) is 0. The van der Waals surface area contributed by atoms with Gasteiger partial charge in [0.1, 0.15) is 0 Å². The first-order valence-corrected chi connectivity index (χ1v) is 6.45. The molecule has 5 heteroatoms. The zero-order valence-corrected chi connectivity index (χ0v) is 11.2. The van der Waals surface area contributed by atoms with Crippen molar-refractivity contribution < 1.29 is 24.2 Å². The van der Waals surface area contributed by atoms with Crippen molar-refractivity contribution in [2.24, 2.45) is 0 Å². The molecule has 3 atom stereocenters. The molecule has 0 fully saturated rings. The van der Waals surface area contributed by atoms with Crippen molar-refractivity contribution in [2.75, 3.05) is 0 Å². The quantitative estimate of drug-likeness (QED) is 0.584. The molecule has 1 heterocycles. The van der Waals surface area contributed by atoms with Gasteiger partial charge in [-0.3, -0.25) is 4.79 Å².